The molecule has 0 aliphatic rings. The van der Waals surface area contributed by atoms with E-state index in [0.29, 0.717) is 13.2 Å². The first-order valence-electron chi connectivity index (χ1n) is 10.1. The van der Waals surface area contributed by atoms with Gasteiger partial charge in [0.2, 0.25) is 0 Å². The molecule has 0 aliphatic heterocycles. The fraction of sp³-hybridized carbons (Fsp3) is 0.111. The minimum Gasteiger partial charge on any atom is -0.372 e. The smallest absolute Gasteiger partial charge is 0.0889 e. The number of hydrogen-bond donors (Lipinski definition) is 0. The van der Waals surface area contributed by atoms with Crippen molar-refractivity contribution in [3.63, 3.8) is 0 Å². The number of fused-ring (bicyclic) bond motifs is 2. The lowest BCUT2D eigenvalue weighted by Crippen LogP contribution is -1.98. The van der Waals surface area contributed by atoms with Gasteiger partial charge < -0.3 is 4.74 Å². The van der Waals surface area contributed by atoms with Crippen LogP contribution in [0.4, 0.5) is 0 Å². The van der Waals surface area contributed by atoms with E-state index in [1.807, 2.05) is 24.5 Å². The van der Waals surface area contributed by atoms with Crippen molar-refractivity contribution in [1.82, 2.24) is 9.97 Å². The first kappa shape index (κ1) is 18.5. The second-order valence-corrected chi connectivity index (χ2v) is 7.56. The van der Waals surface area contributed by atoms with Gasteiger partial charge in [-0.2, -0.15) is 0 Å². The Labute approximate surface area is 176 Å². The number of nitrogens with zero attached hydrogens (tertiary/aromatic N) is 2. The average molecular weight is 390 g/mol. The van der Waals surface area contributed by atoms with Crippen LogP contribution in [0.15, 0.2) is 91.3 Å². The van der Waals surface area contributed by atoms with Gasteiger partial charge in [0, 0.05) is 12.4 Å². The van der Waals surface area contributed by atoms with Crippen LogP contribution in [0.25, 0.3) is 32.9 Å². The van der Waals surface area contributed by atoms with Gasteiger partial charge in [-0.25, -0.2) is 0 Å². The summed E-state index contributed by atoms with van der Waals surface area (Å²) in [5, 5.41) is 4.98. The van der Waals surface area contributed by atoms with Crippen LogP contribution in [-0.4, -0.2) is 9.97 Å². The highest BCUT2D eigenvalue weighted by atomic mass is 16.5. The van der Waals surface area contributed by atoms with E-state index < -0.39 is 0 Å². The molecule has 0 N–H and O–H groups in total. The fourth-order valence-corrected chi connectivity index (χ4v) is 3.91. The number of benzene rings is 3. The summed E-state index contributed by atoms with van der Waals surface area (Å²) in [4.78, 5) is 8.92. The highest BCUT2D eigenvalue weighted by molar-refractivity contribution is 6.02. The Morgan fingerprint density at radius 1 is 0.667 bits per heavy atom. The van der Waals surface area contributed by atoms with Gasteiger partial charge in [0.1, 0.15) is 0 Å². The SMILES string of the molecule is Cc1ccnc(-c2cc(COCc3c4ccccc4cc4ccccc34)ccn2)c1. The van der Waals surface area contributed by atoms with Crippen molar-refractivity contribution in [2.45, 2.75) is 20.1 Å². The van der Waals surface area contributed by atoms with Crippen molar-refractivity contribution in [1.29, 1.82) is 0 Å². The van der Waals surface area contributed by atoms with E-state index in [1.165, 1.54) is 32.7 Å². The average Bonchev–Trinajstić information content (AvgIpc) is 2.79. The molecule has 0 saturated carbocycles. The molecule has 3 heteroatoms. The van der Waals surface area contributed by atoms with Crippen molar-refractivity contribution in [3.8, 4) is 11.4 Å². The summed E-state index contributed by atoms with van der Waals surface area (Å²) in [6.45, 7) is 3.15. The van der Waals surface area contributed by atoms with Gasteiger partial charge in [-0.1, -0.05) is 48.5 Å². The predicted octanol–water partition coefficient (Wildman–Crippen LogP) is 6.48. The number of ether oxygens (including phenoxy) is 1. The Morgan fingerprint density at radius 2 is 1.30 bits per heavy atom. The summed E-state index contributed by atoms with van der Waals surface area (Å²) in [7, 11) is 0. The standard InChI is InChI=1S/C27H22N2O/c1-19-10-12-28-26(14-19)27-15-20(11-13-29-27)17-30-18-25-23-8-4-2-6-21(23)16-22-7-3-5-9-24(22)25/h2-16H,17-18H2,1H3. The molecule has 146 valence electrons. The molecule has 0 amide bonds. The Balaban J connectivity index is 1.41. The van der Waals surface area contributed by atoms with E-state index in [0.717, 1.165) is 17.0 Å². The van der Waals surface area contributed by atoms with E-state index in [1.54, 1.807) is 0 Å². The minimum absolute atomic E-state index is 0.527. The molecule has 2 heterocycles. The monoisotopic (exact) mass is 390 g/mol. The third-order valence-corrected chi connectivity index (χ3v) is 5.40. The lowest BCUT2D eigenvalue weighted by molar-refractivity contribution is 0.109. The molecule has 3 aromatic carbocycles. The first-order valence-corrected chi connectivity index (χ1v) is 10.1. The van der Waals surface area contributed by atoms with Gasteiger partial charge in [-0.3, -0.25) is 9.97 Å². The van der Waals surface area contributed by atoms with Gasteiger partial charge in [0.05, 0.1) is 24.6 Å². The molecule has 0 unspecified atom stereocenters. The molecule has 0 radical (unpaired) electrons. The zero-order chi connectivity index (χ0) is 20.3. The van der Waals surface area contributed by atoms with Gasteiger partial charge in [0.25, 0.3) is 0 Å². The lowest BCUT2D eigenvalue weighted by Gasteiger charge is -2.12. The summed E-state index contributed by atoms with van der Waals surface area (Å²) >= 11 is 0. The molecule has 2 aromatic heterocycles. The van der Waals surface area contributed by atoms with E-state index in [4.69, 9.17) is 4.74 Å². The number of hydrogen-bond acceptors (Lipinski definition) is 3. The van der Waals surface area contributed by atoms with Crippen molar-refractivity contribution >= 4 is 21.5 Å². The molecular weight excluding hydrogens is 368 g/mol. The molecule has 0 saturated heterocycles. The Morgan fingerprint density at radius 3 is 2.00 bits per heavy atom. The molecule has 0 spiro atoms. The summed E-state index contributed by atoms with van der Waals surface area (Å²) in [6.07, 6.45) is 3.65. The van der Waals surface area contributed by atoms with Crippen molar-refractivity contribution in [2.24, 2.45) is 0 Å². The van der Waals surface area contributed by atoms with E-state index in [2.05, 4.69) is 83.6 Å². The van der Waals surface area contributed by atoms with E-state index in [-0.39, 0.29) is 0 Å². The molecule has 5 rings (SSSR count). The van der Waals surface area contributed by atoms with Crippen molar-refractivity contribution in [2.75, 3.05) is 0 Å². The third-order valence-electron chi connectivity index (χ3n) is 5.40. The summed E-state index contributed by atoms with van der Waals surface area (Å²) in [6, 6.07) is 27.4. The third kappa shape index (κ3) is 3.68. The predicted molar refractivity (Wildman–Crippen MR) is 122 cm³/mol. The second kappa shape index (κ2) is 8.05. The van der Waals surface area contributed by atoms with Crippen LogP contribution in [0.5, 0.6) is 0 Å². The van der Waals surface area contributed by atoms with Gasteiger partial charge >= 0.3 is 0 Å². The van der Waals surface area contributed by atoms with Crippen LogP contribution < -0.4 is 0 Å². The van der Waals surface area contributed by atoms with Crippen LogP contribution in [0.2, 0.25) is 0 Å². The number of aromatic nitrogens is 2. The van der Waals surface area contributed by atoms with Crippen molar-refractivity contribution < 1.29 is 4.74 Å². The van der Waals surface area contributed by atoms with Gasteiger partial charge in [-0.15, -0.1) is 0 Å². The normalized spacial score (nSPS) is 11.2. The van der Waals surface area contributed by atoms with Crippen LogP contribution in [0, 0.1) is 6.92 Å². The maximum absolute atomic E-state index is 6.19. The highest BCUT2D eigenvalue weighted by Gasteiger charge is 2.08. The summed E-state index contributed by atoms with van der Waals surface area (Å²) in [5.74, 6) is 0. The number of aryl methyl sites for hydroxylation is 1. The maximum atomic E-state index is 6.19. The number of pyridine rings is 2. The largest absolute Gasteiger partial charge is 0.372 e. The van der Waals surface area contributed by atoms with Crippen LogP contribution >= 0.6 is 0 Å². The zero-order valence-corrected chi connectivity index (χ0v) is 16.9. The lowest BCUT2D eigenvalue weighted by atomic mass is 9.97. The quantitative estimate of drug-likeness (QED) is 0.322. The van der Waals surface area contributed by atoms with Crippen LogP contribution in [-0.2, 0) is 18.0 Å². The topological polar surface area (TPSA) is 35.0 Å². The van der Waals surface area contributed by atoms with E-state index in [9.17, 15) is 0 Å². The first-order chi connectivity index (χ1) is 14.8. The molecule has 0 aliphatic carbocycles. The van der Waals surface area contributed by atoms with Gasteiger partial charge in [-0.05, 0) is 75.5 Å². The molecule has 5 aromatic rings. The highest BCUT2D eigenvalue weighted by Crippen LogP contribution is 2.29. The second-order valence-electron chi connectivity index (χ2n) is 7.56. The minimum atomic E-state index is 0.527. The molecular formula is C27H22N2O. The molecule has 3 nitrogen and oxygen atoms in total. The molecule has 0 atom stereocenters. The Kier molecular flexibility index (Phi) is 4.96. The van der Waals surface area contributed by atoms with E-state index >= 15 is 0 Å². The molecule has 0 fully saturated rings. The fourth-order valence-electron chi connectivity index (χ4n) is 3.91. The van der Waals surface area contributed by atoms with Crippen molar-refractivity contribution in [3.05, 3.63) is 108 Å². The maximum Gasteiger partial charge on any atom is 0.0889 e. The number of rotatable bonds is 5. The molecule has 0 bridgehead atoms. The molecule has 30 heavy (non-hydrogen) atoms. The van der Waals surface area contributed by atoms with Gasteiger partial charge in [0.15, 0.2) is 0 Å². The Hall–Kier alpha value is -3.56. The summed E-state index contributed by atoms with van der Waals surface area (Å²) in [5.41, 5.74) is 5.25. The zero-order valence-electron chi connectivity index (χ0n) is 16.9. The Bertz CT molecular complexity index is 1290. The van der Waals surface area contributed by atoms with Crippen LogP contribution in [0.1, 0.15) is 16.7 Å². The summed E-state index contributed by atoms with van der Waals surface area (Å²) < 4.78 is 6.19. The van der Waals surface area contributed by atoms with Crippen LogP contribution in [0.3, 0.4) is 0 Å².